The van der Waals surface area contributed by atoms with Gasteiger partial charge in [0.05, 0.1) is 29.3 Å². The lowest BCUT2D eigenvalue weighted by Gasteiger charge is -2.10. The molecule has 1 rings (SSSR count). The summed E-state index contributed by atoms with van der Waals surface area (Å²) in [6, 6.07) is 1.20. The van der Waals surface area contributed by atoms with E-state index < -0.39 is 18.0 Å². The molecule has 0 fully saturated rings. The Morgan fingerprint density at radius 2 is 2.31 bits per heavy atom. The molecule has 0 aromatic carbocycles. The van der Waals surface area contributed by atoms with Crippen LogP contribution in [0.5, 0.6) is 0 Å². The molecule has 0 saturated carbocycles. The summed E-state index contributed by atoms with van der Waals surface area (Å²) in [7, 11) is 0. The fraction of sp³-hybridized carbons (Fsp3) is 0.400. The maximum absolute atomic E-state index is 12.8. The second-order valence-electron chi connectivity index (χ2n) is 2.87. The highest BCUT2D eigenvalue weighted by molar-refractivity contribution is 6.17. The van der Waals surface area contributed by atoms with Gasteiger partial charge >= 0.3 is 5.97 Å². The van der Waals surface area contributed by atoms with Crippen molar-refractivity contribution < 1.29 is 18.3 Å². The molecule has 0 spiro atoms. The molecule has 0 radical (unpaired) electrons. The topological polar surface area (TPSA) is 39.2 Å². The molecule has 0 atom stereocenters. The summed E-state index contributed by atoms with van der Waals surface area (Å²) in [4.78, 5) is 15.1. The molecule has 0 unspecified atom stereocenters. The maximum atomic E-state index is 12.8. The largest absolute Gasteiger partial charge is 0.462 e. The SMILES string of the molecule is CCOC(=O)c1ccnc(CCl)c1C(F)F. The molecular formula is C10H10ClF2NO2. The van der Waals surface area contributed by atoms with Crippen LogP contribution in [0.25, 0.3) is 0 Å². The quantitative estimate of drug-likeness (QED) is 0.608. The Hall–Kier alpha value is -1.23. The van der Waals surface area contributed by atoms with Crippen molar-refractivity contribution in [3.63, 3.8) is 0 Å². The van der Waals surface area contributed by atoms with Crippen molar-refractivity contribution in [3.8, 4) is 0 Å². The second kappa shape index (κ2) is 5.75. The third-order valence-electron chi connectivity index (χ3n) is 1.91. The van der Waals surface area contributed by atoms with Crippen molar-refractivity contribution in [2.45, 2.75) is 19.2 Å². The Balaban J connectivity index is 3.22. The van der Waals surface area contributed by atoms with Gasteiger partial charge in [-0.05, 0) is 13.0 Å². The standard InChI is InChI=1S/C10H10ClF2NO2/c1-2-16-10(15)6-3-4-14-7(5-11)8(6)9(12)13/h3-4,9H,2,5H2,1H3. The van der Waals surface area contributed by atoms with E-state index in [4.69, 9.17) is 11.6 Å². The number of esters is 1. The van der Waals surface area contributed by atoms with E-state index in [2.05, 4.69) is 9.72 Å². The van der Waals surface area contributed by atoms with E-state index in [9.17, 15) is 13.6 Å². The fourth-order valence-corrected chi connectivity index (χ4v) is 1.47. The first-order valence-electron chi connectivity index (χ1n) is 4.60. The summed E-state index contributed by atoms with van der Waals surface area (Å²) in [6.07, 6.45) is -1.54. The number of pyridine rings is 1. The van der Waals surface area contributed by atoms with Gasteiger partial charge in [-0.2, -0.15) is 0 Å². The molecule has 1 aromatic heterocycles. The van der Waals surface area contributed by atoms with Crippen LogP contribution in [-0.2, 0) is 10.6 Å². The number of rotatable bonds is 4. The molecule has 0 aliphatic rings. The van der Waals surface area contributed by atoms with E-state index in [1.807, 2.05) is 0 Å². The molecule has 0 saturated heterocycles. The molecule has 1 aromatic rings. The van der Waals surface area contributed by atoms with E-state index in [-0.39, 0.29) is 23.7 Å². The molecule has 0 aliphatic carbocycles. The van der Waals surface area contributed by atoms with Crippen molar-refractivity contribution in [1.29, 1.82) is 0 Å². The molecule has 0 N–H and O–H groups in total. The van der Waals surface area contributed by atoms with Gasteiger partial charge in [-0.1, -0.05) is 0 Å². The van der Waals surface area contributed by atoms with Gasteiger partial charge < -0.3 is 4.74 Å². The highest BCUT2D eigenvalue weighted by Gasteiger charge is 2.23. The average molecular weight is 250 g/mol. The Bertz CT molecular complexity index is 385. The van der Waals surface area contributed by atoms with Crippen LogP contribution in [0.2, 0.25) is 0 Å². The average Bonchev–Trinajstić information content (AvgIpc) is 2.28. The summed E-state index contributed by atoms with van der Waals surface area (Å²) < 4.78 is 30.2. The van der Waals surface area contributed by atoms with Gasteiger partial charge in [-0.25, -0.2) is 13.6 Å². The van der Waals surface area contributed by atoms with Crippen LogP contribution >= 0.6 is 11.6 Å². The fourth-order valence-electron chi connectivity index (χ4n) is 1.25. The number of halogens is 3. The zero-order chi connectivity index (χ0) is 12.1. The van der Waals surface area contributed by atoms with Crippen molar-refractivity contribution in [2.24, 2.45) is 0 Å². The molecule has 16 heavy (non-hydrogen) atoms. The summed E-state index contributed by atoms with van der Waals surface area (Å²) in [5.41, 5.74) is -0.624. The number of carbonyl (C=O) groups excluding carboxylic acids is 1. The summed E-state index contributed by atoms with van der Waals surface area (Å²) in [5.74, 6) is -0.959. The maximum Gasteiger partial charge on any atom is 0.338 e. The Morgan fingerprint density at radius 1 is 1.62 bits per heavy atom. The highest BCUT2D eigenvalue weighted by Crippen LogP contribution is 2.27. The Kier molecular flexibility index (Phi) is 4.61. The van der Waals surface area contributed by atoms with Crippen LogP contribution in [0, 0.1) is 0 Å². The van der Waals surface area contributed by atoms with Crippen LogP contribution in [0.4, 0.5) is 8.78 Å². The number of carbonyl (C=O) groups is 1. The predicted octanol–water partition coefficient (Wildman–Crippen LogP) is 2.93. The van der Waals surface area contributed by atoms with Gasteiger partial charge in [0.15, 0.2) is 0 Å². The van der Waals surface area contributed by atoms with Gasteiger partial charge in [0.2, 0.25) is 0 Å². The van der Waals surface area contributed by atoms with Gasteiger partial charge in [-0.3, -0.25) is 4.98 Å². The zero-order valence-corrected chi connectivity index (χ0v) is 9.30. The minimum Gasteiger partial charge on any atom is -0.462 e. The predicted molar refractivity (Wildman–Crippen MR) is 54.7 cm³/mol. The molecule has 88 valence electrons. The van der Waals surface area contributed by atoms with Crippen molar-refractivity contribution >= 4 is 17.6 Å². The van der Waals surface area contributed by atoms with Gasteiger partial charge in [-0.15, -0.1) is 11.6 Å². The highest BCUT2D eigenvalue weighted by atomic mass is 35.5. The van der Waals surface area contributed by atoms with E-state index in [1.54, 1.807) is 6.92 Å². The molecule has 0 aliphatic heterocycles. The smallest absolute Gasteiger partial charge is 0.338 e. The van der Waals surface area contributed by atoms with Crippen LogP contribution in [0.1, 0.15) is 35.0 Å². The van der Waals surface area contributed by atoms with Crippen LogP contribution in [0.15, 0.2) is 12.3 Å². The summed E-state index contributed by atoms with van der Waals surface area (Å²) in [6.45, 7) is 1.73. The van der Waals surface area contributed by atoms with Gasteiger partial charge in [0.1, 0.15) is 0 Å². The first-order valence-corrected chi connectivity index (χ1v) is 5.14. The summed E-state index contributed by atoms with van der Waals surface area (Å²) in [5, 5.41) is 0. The Labute approximate surface area is 96.4 Å². The first kappa shape index (κ1) is 12.8. The monoisotopic (exact) mass is 249 g/mol. The molecule has 0 amide bonds. The van der Waals surface area contributed by atoms with E-state index in [0.717, 1.165) is 0 Å². The number of nitrogens with zero attached hydrogens (tertiary/aromatic N) is 1. The van der Waals surface area contributed by atoms with E-state index in [1.165, 1.54) is 12.3 Å². The minimum atomic E-state index is -2.80. The summed E-state index contributed by atoms with van der Waals surface area (Å²) >= 11 is 5.48. The number of hydrogen-bond donors (Lipinski definition) is 0. The first-order chi connectivity index (χ1) is 7.61. The third kappa shape index (κ3) is 2.66. The third-order valence-corrected chi connectivity index (χ3v) is 2.17. The van der Waals surface area contributed by atoms with Crippen LogP contribution < -0.4 is 0 Å². The zero-order valence-electron chi connectivity index (χ0n) is 8.54. The van der Waals surface area contributed by atoms with Crippen LogP contribution in [-0.4, -0.2) is 17.6 Å². The molecule has 6 heteroatoms. The van der Waals surface area contributed by atoms with E-state index >= 15 is 0 Å². The second-order valence-corrected chi connectivity index (χ2v) is 3.14. The van der Waals surface area contributed by atoms with Crippen LogP contribution in [0.3, 0.4) is 0 Å². The number of hydrogen-bond acceptors (Lipinski definition) is 3. The van der Waals surface area contributed by atoms with Crippen molar-refractivity contribution in [1.82, 2.24) is 4.98 Å². The lowest BCUT2D eigenvalue weighted by Crippen LogP contribution is -2.11. The lowest BCUT2D eigenvalue weighted by molar-refractivity contribution is 0.0514. The van der Waals surface area contributed by atoms with Crippen molar-refractivity contribution in [2.75, 3.05) is 6.61 Å². The number of alkyl halides is 3. The Morgan fingerprint density at radius 3 is 2.81 bits per heavy atom. The minimum absolute atomic E-state index is 0.00206. The van der Waals surface area contributed by atoms with Gasteiger partial charge in [0, 0.05) is 6.20 Å². The van der Waals surface area contributed by atoms with Crippen molar-refractivity contribution in [3.05, 3.63) is 29.1 Å². The number of aromatic nitrogens is 1. The molecule has 1 heterocycles. The molecule has 3 nitrogen and oxygen atoms in total. The normalized spacial score (nSPS) is 10.6. The number of ether oxygens (including phenoxy) is 1. The van der Waals surface area contributed by atoms with E-state index in [0.29, 0.717) is 0 Å². The molecular weight excluding hydrogens is 240 g/mol. The lowest BCUT2D eigenvalue weighted by atomic mass is 10.1. The molecule has 0 bridgehead atoms. The van der Waals surface area contributed by atoms with Gasteiger partial charge in [0.25, 0.3) is 6.43 Å².